The number of nitrogens with one attached hydrogen (secondary N) is 1. The molecule has 1 aromatic carbocycles. The first kappa shape index (κ1) is 17.4. The number of ether oxygens (including phenoxy) is 1. The van der Waals surface area contributed by atoms with Gasteiger partial charge in [0.1, 0.15) is 5.82 Å². The maximum absolute atomic E-state index is 12.9. The van der Waals surface area contributed by atoms with Crippen molar-refractivity contribution < 1.29 is 18.7 Å². The Labute approximate surface area is 135 Å². The number of hydrogen-bond donors (Lipinski definition) is 1. The lowest BCUT2D eigenvalue weighted by Gasteiger charge is -2.16. The summed E-state index contributed by atoms with van der Waals surface area (Å²) in [6.45, 7) is 2.18. The summed E-state index contributed by atoms with van der Waals surface area (Å²) in [5.41, 5.74) is 0.978. The first-order valence-corrected chi connectivity index (χ1v) is 7.89. The van der Waals surface area contributed by atoms with Crippen molar-refractivity contribution in [2.45, 2.75) is 19.3 Å². The molecule has 1 aromatic rings. The highest BCUT2D eigenvalue weighted by molar-refractivity contribution is 5.89. The van der Waals surface area contributed by atoms with E-state index in [0.717, 1.165) is 12.0 Å². The average molecular weight is 322 g/mol. The van der Waals surface area contributed by atoms with Gasteiger partial charge in [0, 0.05) is 39.8 Å². The van der Waals surface area contributed by atoms with E-state index < -0.39 is 0 Å². The third-order valence-electron chi connectivity index (χ3n) is 3.99. The van der Waals surface area contributed by atoms with Crippen LogP contribution in [0.3, 0.4) is 0 Å². The second kappa shape index (κ2) is 8.62. The van der Waals surface area contributed by atoms with Crippen LogP contribution >= 0.6 is 0 Å². The van der Waals surface area contributed by atoms with Gasteiger partial charge >= 0.3 is 0 Å². The summed E-state index contributed by atoms with van der Waals surface area (Å²) in [6.07, 6.45) is 1.69. The van der Waals surface area contributed by atoms with E-state index in [9.17, 15) is 14.0 Å². The van der Waals surface area contributed by atoms with Gasteiger partial charge in [-0.05, 0) is 30.5 Å². The predicted molar refractivity (Wildman–Crippen MR) is 84.3 cm³/mol. The van der Waals surface area contributed by atoms with Crippen LogP contribution < -0.4 is 5.32 Å². The zero-order chi connectivity index (χ0) is 16.7. The predicted octanol–water partition coefficient (Wildman–Crippen LogP) is 1.37. The van der Waals surface area contributed by atoms with Crippen molar-refractivity contribution in [3.8, 4) is 0 Å². The molecule has 1 aliphatic heterocycles. The van der Waals surface area contributed by atoms with Crippen LogP contribution in [0.2, 0.25) is 0 Å². The molecule has 0 radical (unpaired) electrons. The van der Waals surface area contributed by atoms with Crippen LogP contribution in [0.25, 0.3) is 0 Å². The molecule has 0 saturated carbocycles. The molecule has 0 aliphatic carbocycles. The summed E-state index contributed by atoms with van der Waals surface area (Å²) >= 11 is 0. The fraction of sp³-hybridized carbons (Fsp3) is 0.529. The molecule has 1 N–H and O–H groups in total. The monoisotopic (exact) mass is 322 g/mol. The molecule has 1 atom stereocenters. The maximum atomic E-state index is 12.9. The van der Waals surface area contributed by atoms with Crippen LogP contribution in [0.15, 0.2) is 24.3 Å². The molecule has 0 aromatic heterocycles. The molecular formula is C17H23FN2O3. The van der Waals surface area contributed by atoms with Crippen molar-refractivity contribution in [2.75, 3.05) is 33.4 Å². The number of hydrogen-bond acceptors (Lipinski definition) is 3. The highest BCUT2D eigenvalue weighted by atomic mass is 19.1. The Hall–Kier alpha value is -1.95. The van der Waals surface area contributed by atoms with Gasteiger partial charge in [-0.3, -0.25) is 9.59 Å². The van der Waals surface area contributed by atoms with Gasteiger partial charge in [0.25, 0.3) is 0 Å². The Balaban J connectivity index is 1.75. The number of amides is 2. The summed E-state index contributed by atoms with van der Waals surface area (Å²) in [5.74, 6) is -0.614. The lowest BCUT2D eigenvalue weighted by Crippen LogP contribution is -2.34. The first-order valence-electron chi connectivity index (χ1n) is 7.89. The number of benzene rings is 1. The summed E-state index contributed by atoms with van der Waals surface area (Å²) in [5, 5.41) is 2.84. The number of carbonyl (C=O) groups is 2. The molecule has 0 unspecified atom stereocenters. The number of nitrogens with zero attached hydrogens (tertiary/aromatic N) is 1. The van der Waals surface area contributed by atoms with E-state index in [-0.39, 0.29) is 30.0 Å². The van der Waals surface area contributed by atoms with Gasteiger partial charge in [0.2, 0.25) is 11.8 Å². The standard InChI is InChI=1S/C17H23FN2O3/c1-23-10-2-8-19-17(22)14-11-16(21)20(12-14)9-7-13-3-5-15(18)6-4-13/h3-6,14H,2,7-12H2,1H3,(H,19,22)/t14-/m1/s1. The summed E-state index contributed by atoms with van der Waals surface area (Å²) in [6, 6.07) is 6.26. The fourth-order valence-corrected chi connectivity index (χ4v) is 2.65. The molecule has 23 heavy (non-hydrogen) atoms. The van der Waals surface area contributed by atoms with E-state index in [1.54, 1.807) is 24.1 Å². The molecule has 0 spiro atoms. The molecule has 6 heteroatoms. The molecule has 1 saturated heterocycles. The molecule has 1 aliphatic rings. The van der Waals surface area contributed by atoms with Gasteiger partial charge in [-0.25, -0.2) is 4.39 Å². The second-order valence-electron chi connectivity index (χ2n) is 5.75. The van der Waals surface area contributed by atoms with Gasteiger partial charge in [-0.15, -0.1) is 0 Å². The van der Waals surface area contributed by atoms with Crippen LogP contribution in [-0.4, -0.2) is 50.1 Å². The highest BCUT2D eigenvalue weighted by Crippen LogP contribution is 2.18. The molecule has 5 nitrogen and oxygen atoms in total. The summed E-state index contributed by atoms with van der Waals surface area (Å²) in [7, 11) is 1.62. The van der Waals surface area contributed by atoms with E-state index in [0.29, 0.717) is 32.7 Å². The molecule has 2 amide bonds. The molecule has 126 valence electrons. The van der Waals surface area contributed by atoms with E-state index in [1.807, 2.05) is 0 Å². The topological polar surface area (TPSA) is 58.6 Å². The van der Waals surface area contributed by atoms with E-state index in [4.69, 9.17) is 4.74 Å². The number of rotatable bonds is 8. The summed E-state index contributed by atoms with van der Waals surface area (Å²) in [4.78, 5) is 25.8. The molecule has 0 bridgehead atoms. The SMILES string of the molecule is COCCCNC(=O)[C@@H]1CC(=O)N(CCc2ccc(F)cc2)C1. The van der Waals surface area contributed by atoms with Crippen LogP contribution in [-0.2, 0) is 20.7 Å². The number of methoxy groups -OCH3 is 1. The third kappa shape index (κ3) is 5.32. The Bertz CT molecular complexity index is 533. The smallest absolute Gasteiger partial charge is 0.225 e. The molecular weight excluding hydrogens is 299 g/mol. The third-order valence-corrected chi connectivity index (χ3v) is 3.99. The van der Waals surface area contributed by atoms with Gasteiger partial charge < -0.3 is 15.0 Å². The van der Waals surface area contributed by atoms with Crippen molar-refractivity contribution in [3.05, 3.63) is 35.6 Å². The molecule has 2 rings (SSSR count). The number of carbonyl (C=O) groups excluding carboxylic acids is 2. The Morgan fingerprint density at radius 2 is 2.13 bits per heavy atom. The Kier molecular flexibility index (Phi) is 6.52. The Morgan fingerprint density at radius 3 is 2.83 bits per heavy atom. The van der Waals surface area contributed by atoms with E-state index >= 15 is 0 Å². The van der Waals surface area contributed by atoms with Crippen LogP contribution in [0.4, 0.5) is 4.39 Å². The van der Waals surface area contributed by atoms with Crippen molar-refractivity contribution >= 4 is 11.8 Å². The lowest BCUT2D eigenvalue weighted by molar-refractivity contribution is -0.129. The average Bonchev–Trinajstić information content (AvgIpc) is 2.92. The highest BCUT2D eigenvalue weighted by Gasteiger charge is 2.33. The van der Waals surface area contributed by atoms with Gasteiger partial charge in [0.15, 0.2) is 0 Å². The number of halogens is 1. The number of likely N-dealkylation sites (tertiary alicyclic amines) is 1. The summed E-state index contributed by atoms with van der Waals surface area (Å²) < 4.78 is 17.8. The zero-order valence-corrected chi connectivity index (χ0v) is 13.4. The van der Waals surface area contributed by atoms with Crippen LogP contribution in [0, 0.1) is 11.7 Å². The van der Waals surface area contributed by atoms with Crippen LogP contribution in [0.1, 0.15) is 18.4 Å². The zero-order valence-electron chi connectivity index (χ0n) is 13.4. The second-order valence-corrected chi connectivity index (χ2v) is 5.75. The molecule has 1 heterocycles. The normalized spacial score (nSPS) is 17.6. The van der Waals surface area contributed by atoms with Crippen LogP contribution in [0.5, 0.6) is 0 Å². The van der Waals surface area contributed by atoms with Crippen molar-refractivity contribution in [1.29, 1.82) is 0 Å². The van der Waals surface area contributed by atoms with Gasteiger partial charge in [-0.1, -0.05) is 12.1 Å². The Morgan fingerprint density at radius 1 is 1.39 bits per heavy atom. The minimum absolute atomic E-state index is 0.00385. The maximum Gasteiger partial charge on any atom is 0.225 e. The van der Waals surface area contributed by atoms with Gasteiger partial charge in [0.05, 0.1) is 5.92 Å². The molecule has 1 fully saturated rings. The van der Waals surface area contributed by atoms with E-state index in [2.05, 4.69) is 5.32 Å². The fourth-order valence-electron chi connectivity index (χ4n) is 2.65. The van der Waals surface area contributed by atoms with Crippen molar-refractivity contribution in [1.82, 2.24) is 10.2 Å². The van der Waals surface area contributed by atoms with E-state index in [1.165, 1.54) is 12.1 Å². The van der Waals surface area contributed by atoms with Crippen molar-refractivity contribution in [3.63, 3.8) is 0 Å². The van der Waals surface area contributed by atoms with Crippen molar-refractivity contribution in [2.24, 2.45) is 5.92 Å². The first-order chi connectivity index (χ1) is 11.1. The quantitative estimate of drug-likeness (QED) is 0.736. The van der Waals surface area contributed by atoms with Gasteiger partial charge in [-0.2, -0.15) is 0 Å². The largest absolute Gasteiger partial charge is 0.385 e. The lowest BCUT2D eigenvalue weighted by atomic mass is 10.1. The minimum atomic E-state index is -0.279. The minimum Gasteiger partial charge on any atom is -0.385 e.